The van der Waals surface area contributed by atoms with Crippen LogP contribution in [0.25, 0.3) is 0 Å². The summed E-state index contributed by atoms with van der Waals surface area (Å²) in [6.07, 6.45) is 0. The van der Waals surface area contributed by atoms with Gasteiger partial charge >= 0.3 is 0 Å². The number of nitrogens with two attached hydrogens (primary N) is 1. The fourth-order valence-corrected chi connectivity index (χ4v) is 2.88. The van der Waals surface area contributed by atoms with Crippen LogP contribution in [0, 0.1) is 13.8 Å². The second-order valence-corrected chi connectivity index (χ2v) is 7.16. The van der Waals surface area contributed by atoms with Gasteiger partial charge in [0, 0.05) is 21.5 Å². The van der Waals surface area contributed by atoms with Gasteiger partial charge in [0.25, 0.3) is 0 Å². The minimum absolute atomic E-state index is 0.0143. The average Bonchev–Trinajstić information content (AvgIpc) is 2.31. The number of nitrogens with one attached hydrogen (secondary N) is 1. The molecule has 0 unspecified atom stereocenters. The lowest BCUT2D eigenvalue weighted by atomic mass is 10.1. The topological polar surface area (TPSA) is 55.1 Å². The summed E-state index contributed by atoms with van der Waals surface area (Å²) >= 11 is 5.06. The van der Waals surface area contributed by atoms with E-state index in [-0.39, 0.29) is 11.4 Å². The van der Waals surface area contributed by atoms with Gasteiger partial charge in [-0.3, -0.25) is 4.79 Å². The molecule has 1 aromatic rings. The Labute approximate surface area is 127 Å². The summed E-state index contributed by atoms with van der Waals surface area (Å²) in [5.41, 5.74) is 7.60. The zero-order valence-corrected chi connectivity index (χ0v) is 14.2. The Hall–Kier alpha value is -0.520. The predicted molar refractivity (Wildman–Crippen MR) is 85.6 cm³/mol. The number of halogens is 1. The van der Waals surface area contributed by atoms with E-state index in [2.05, 4.69) is 33.4 Å². The SMILES string of the molecule is Cc1cc(SCC(=O)NC(C)(C)CN)c(C)cc1Br. The molecule has 3 nitrogen and oxygen atoms in total. The molecule has 0 fully saturated rings. The van der Waals surface area contributed by atoms with E-state index in [1.807, 2.05) is 27.7 Å². The lowest BCUT2D eigenvalue weighted by molar-refractivity contribution is -0.120. The van der Waals surface area contributed by atoms with E-state index >= 15 is 0 Å². The fourth-order valence-electron chi connectivity index (χ4n) is 1.52. The third-order valence-corrected chi connectivity index (χ3v) is 4.81. The van der Waals surface area contributed by atoms with Gasteiger partial charge in [0.15, 0.2) is 0 Å². The Kier molecular flexibility index (Phi) is 5.89. The molecule has 1 aromatic carbocycles. The van der Waals surface area contributed by atoms with Gasteiger partial charge in [-0.1, -0.05) is 15.9 Å². The van der Waals surface area contributed by atoms with Gasteiger partial charge in [0.2, 0.25) is 5.91 Å². The molecule has 19 heavy (non-hydrogen) atoms. The minimum atomic E-state index is -0.345. The van der Waals surface area contributed by atoms with E-state index in [1.165, 1.54) is 11.1 Å². The van der Waals surface area contributed by atoms with Crippen LogP contribution in [0.5, 0.6) is 0 Å². The highest BCUT2D eigenvalue weighted by atomic mass is 79.9. The molecule has 0 aliphatic rings. The van der Waals surface area contributed by atoms with Crippen molar-refractivity contribution in [3.05, 3.63) is 27.7 Å². The van der Waals surface area contributed by atoms with Crippen molar-refractivity contribution < 1.29 is 4.79 Å². The van der Waals surface area contributed by atoms with Crippen molar-refractivity contribution in [1.82, 2.24) is 5.32 Å². The number of benzene rings is 1. The molecule has 106 valence electrons. The maximum Gasteiger partial charge on any atom is 0.230 e. The van der Waals surface area contributed by atoms with E-state index in [4.69, 9.17) is 5.73 Å². The molecule has 0 aromatic heterocycles. The standard InChI is InChI=1S/C14H21BrN2OS/c1-9-6-12(10(2)5-11(9)15)19-7-13(18)17-14(3,4)8-16/h5-6H,7-8,16H2,1-4H3,(H,17,18). The molecule has 0 aliphatic carbocycles. The molecule has 0 atom stereocenters. The average molecular weight is 345 g/mol. The number of aryl methyl sites for hydroxylation is 2. The largest absolute Gasteiger partial charge is 0.349 e. The van der Waals surface area contributed by atoms with Gasteiger partial charge in [0.1, 0.15) is 0 Å². The number of thioether (sulfide) groups is 1. The third kappa shape index (κ3) is 5.16. The first-order valence-electron chi connectivity index (χ1n) is 6.16. The second kappa shape index (κ2) is 6.77. The Bertz CT molecular complexity index is 475. The van der Waals surface area contributed by atoms with Crippen molar-refractivity contribution in [2.24, 2.45) is 5.73 Å². The highest BCUT2D eigenvalue weighted by Gasteiger charge is 2.18. The molecule has 1 amide bonds. The summed E-state index contributed by atoms with van der Waals surface area (Å²) in [5.74, 6) is 0.422. The van der Waals surface area contributed by atoms with Crippen molar-refractivity contribution in [3.8, 4) is 0 Å². The fraction of sp³-hybridized carbons (Fsp3) is 0.500. The Morgan fingerprint density at radius 3 is 2.58 bits per heavy atom. The van der Waals surface area contributed by atoms with Crippen LogP contribution < -0.4 is 11.1 Å². The Balaban J connectivity index is 2.63. The summed E-state index contributed by atoms with van der Waals surface area (Å²) in [6.45, 7) is 8.37. The molecule has 0 saturated heterocycles. The molecular formula is C14H21BrN2OS. The van der Waals surface area contributed by atoms with Crippen molar-refractivity contribution in [3.63, 3.8) is 0 Å². The number of hydrogen-bond acceptors (Lipinski definition) is 3. The van der Waals surface area contributed by atoms with Crippen LogP contribution in [0.3, 0.4) is 0 Å². The van der Waals surface area contributed by atoms with Crippen molar-refractivity contribution in [2.45, 2.75) is 38.1 Å². The molecule has 0 bridgehead atoms. The quantitative estimate of drug-likeness (QED) is 0.807. The molecular weight excluding hydrogens is 324 g/mol. The lowest BCUT2D eigenvalue weighted by Gasteiger charge is -2.24. The summed E-state index contributed by atoms with van der Waals surface area (Å²) in [4.78, 5) is 13.0. The maximum absolute atomic E-state index is 11.9. The molecule has 0 saturated carbocycles. The molecule has 0 radical (unpaired) electrons. The van der Waals surface area contributed by atoms with E-state index in [0.29, 0.717) is 12.3 Å². The first-order valence-corrected chi connectivity index (χ1v) is 7.93. The highest BCUT2D eigenvalue weighted by Crippen LogP contribution is 2.28. The monoisotopic (exact) mass is 344 g/mol. The first-order chi connectivity index (χ1) is 8.75. The van der Waals surface area contributed by atoms with Crippen molar-refractivity contribution in [1.29, 1.82) is 0 Å². The van der Waals surface area contributed by atoms with E-state index in [0.717, 1.165) is 9.37 Å². The maximum atomic E-state index is 11.9. The van der Waals surface area contributed by atoms with Gasteiger partial charge in [-0.2, -0.15) is 0 Å². The third-order valence-electron chi connectivity index (χ3n) is 2.80. The van der Waals surface area contributed by atoms with Crippen LogP contribution in [-0.4, -0.2) is 23.7 Å². The summed E-state index contributed by atoms with van der Waals surface area (Å²) in [7, 11) is 0. The summed E-state index contributed by atoms with van der Waals surface area (Å²) in [5, 5.41) is 2.93. The van der Waals surface area contributed by atoms with Crippen LogP contribution in [0.4, 0.5) is 0 Å². The highest BCUT2D eigenvalue weighted by molar-refractivity contribution is 9.10. The van der Waals surface area contributed by atoms with Gasteiger partial charge in [-0.05, 0) is 51.0 Å². The minimum Gasteiger partial charge on any atom is -0.349 e. The van der Waals surface area contributed by atoms with Crippen molar-refractivity contribution >= 4 is 33.6 Å². The summed E-state index contributed by atoms with van der Waals surface area (Å²) < 4.78 is 1.10. The predicted octanol–water partition coefficient (Wildman–Crippen LogP) is 3.01. The van der Waals surface area contributed by atoms with Crippen molar-refractivity contribution in [2.75, 3.05) is 12.3 Å². The van der Waals surface area contributed by atoms with Gasteiger partial charge in [-0.25, -0.2) is 0 Å². The zero-order chi connectivity index (χ0) is 14.6. The first kappa shape index (κ1) is 16.5. The number of carbonyl (C=O) groups is 1. The normalized spacial score (nSPS) is 11.5. The number of rotatable bonds is 5. The zero-order valence-electron chi connectivity index (χ0n) is 11.8. The van der Waals surface area contributed by atoms with E-state index < -0.39 is 0 Å². The van der Waals surface area contributed by atoms with E-state index in [9.17, 15) is 4.79 Å². The number of hydrogen-bond donors (Lipinski definition) is 2. The molecule has 1 rings (SSSR count). The lowest BCUT2D eigenvalue weighted by Crippen LogP contribution is -2.49. The molecule has 0 aliphatic heterocycles. The van der Waals surface area contributed by atoms with Crippen LogP contribution in [-0.2, 0) is 4.79 Å². The molecule has 0 heterocycles. The molecule has 5 heteroatoms. The smallest absolute Gasteiger partial charge is 0.230 e. The Morgan fingerprint density at radius 2 is 2.00 bits per heavy atom. The number of amides is 1. The van der Waals surface area contributed by atoms with Gasteiger partial charge < -0.3 is 11.1 Å². The second-order valence-electron chi connectivity index (χ2n) is 5.29. The van der Waals surface area contributed by atoms with Crippen LogP contribution in [0.15, 0.2) is 21.5 Å². The Morgan fingerprint density at radius 1 is 1.37 bits per heavy atom. The van der Waals surface area contributed by atoms with Gasteiger partial charge in [-0.15, -0.1) is 11.8 Å². The summed E-state index contributed by atoms with van der Waals surface area (Å²) in [6, 6.07) is 4.19. The van der Waals surface area contributed by atoms with Gasteiger partial charge in [0.05, 0.1) is 5.75 Å². The van der Waals surface area contributed by atoms with Crippen LogP contribution >= 0.6 is 27.7 Å². The number of carbonyl (C=O) groups excluding carboxylic acids is 1. The molecule has 0 spiro atoms. The van der Waals surface area contributed by atoms with Crippen LogP contribution in [0.1, 0.15) is 25.0 Å². The molecule has 3 N–H and O–H groups in total. The van der Waals surface area contributed by atoms with E-state index in [1.54, 1.807) is 11.8 Å². The van der Waals surface area contributed by atoms with Crippen LogP contribution in [0.2, 0.25) is 0 Å².